The molecule has 1 atom stereocenters. The number of amides is 3. The third kappa shape index (κ3) is 4.56. The second-order valence-electron chi connectivity index (χ2n) is 3.82. The molecule has 0 saturated carbocycles. The maximum absolute atomic E-state index is 11.6. The zero-order valence-electron chi connectivity index (χ0n) is 11.0. The molecule has 1 unspecified atom stereocenters. The molecule has 0 aliphatic carbocycles. The number of hydrogen-bond acceptors (Lipinski definition) is 5. The minimum atomic E-state index is -1.15. The van der Waals surface area contributed by atoms with Gasteiger partial charge in [-0.3, -0.25) is 15.1 Å². The first-order chi connectivity index (χ1) is 9.43. The molecule has 1 rings (SSSR count). The molecule has 1 heterocycles. The lowest BCUT2D eigenvalue weighted by atomic mass is 10.3. The van der Waals surface area contributed by atoms with Gasteiger partial charge in [0.25, 0.3) is 5.91 Å². The number of imide groups is 1. The summed E-state index contributed by atoms with van der Waals surface area (Å²) in [5.41, 5.74) is -0.0566. The molecule has 20 heavy (non-hydrogen) atoms. The van der Waals surface area contributed by atoms with Crippen molar-refractivity contribution >= 4 is 17.9 Å². The molecule has 1 aromatic rings. The highest BCUT2D eigenvalue weighted by molar-refractivity contribution is 5.96. The number of aromatic nitrogens is 1. The lowest BCUT2D eigenvalue weighted by molar-refractivity contribution is -0.126. The Balaban J connectivity index is 2.63. The highest BCUT2D eigenvalue weighted by atomic mass is 16.5. The normalized spacial score (nSPS) is 11.3. The summed E-state index contributed by atoms with van der Waals surface area (Å²) < 4.78 is 5.23. The van der Waals surface area contributed by atoms with Crippen molar-refractivity contribution in [1.29, 1.82) is 0 Å². The minimum absolute atomic E-state index is 0.0566. The zero-order valence-corrected chi connectivity index (χ0v) is 11.0. The molecule has 0 fully saturated rings. The Morgan fingerprint density at radius 3 is 2.70 bits per heavy atom. The number of carboxylic acids is 1. The zero-order chi connectivity index (χ0) is 15.1. The van der Waals surface area contributed by atoms with Crippen LogP contribution in [-0.4, -0.2) is 40.6 Å². The van der Waals surface area contributed by atoms with Gasteiger partial charge in [0.05, 0.1) is 11.8 Å². The third-order valence-corrected chi connectivity index (χ3v) is 2.22. The fourth-order valence-corrected chi connectivity index (χ4v) is 1.28. The summed E-state index contributed by atoms with van der Waals surface area (Å²) in [5, 5.41) is 13.3. The summed E-state index contributed by atoms with van der Waals surface area (Å²) in [6.07, 6.45) is 1.47. The summed E-state index contributed by atoms with van der Waals surface area (Å²) in [5.74, 6) is -1.66. The van der Waals surface area contributed by atoms with Crippen molar-refractivity contribution in [3.05, 3.63) is 24.0 Å². The van der Waals surface area contributed by atoms with E-state index in [2.05, 4.69) is 15.6 Å². The lowest BCUT2D eigenvalue weighted by Crippen LogP contribution is -2.45. The van der Waals surface area contributed by atoms with Crippen LogP contribution in [0.4, 0.5) is 4.79 Å². The molecule has 0 radical (unpaired) electrons. The highest BCUT2D eigenvalue weighted by Gasteiger charge is 2.17. The van der Waals surface area contributed by atoms with Crippen molar-refractivity contribution in [2.45, 2.75) is 20.0 Å². The molecule has 108 valence electrons. The summed E-state index contributed by atoms with van der Waals surface area (Å²) in [7, 11) is 0. The van der Waals surface area contributed by atoms with Gasteiger partial charge in [0, 0.05) is 12.7 Å². The molecule has 8 heteroatoms. The maximum atomic E-state index is 11.6. The summed E-state index contributed by atoms with van der Waals surface area (Å²) in [6.45, 7) is 3.54. The number of ether oxygens (including phenoxy) is 1. The molecule has 0 aromatic carbocycles. The Morgan fingerprint density at radius 2 is 2.10 bits per heavy atom. The smallest absolute Gasteiger partial charge is 0.337 e. The van der Waals surface area contributed by atoms with Gasteiger partial charge in [-0.1, -0.05) is 0 Å². The number of urea groups is 1. The van der Waals surface area contributed by atoms with Crippen LogP contribution in [0.3, 0.4) is 0 Å². The van der Waals surface area contributed by atoms with E-state index in [0.717, 1.165) is 6.20 Å². The van der Waals surface area contributed by atoms with E-state index in [-0.39, 0.29) is 11.3 Å². The molecular weight excluding hydrogens is 266 g/mol. The van der Waals surface area contributed by atoms with Crippen molar-refractivity contribution in [2.24, 2.45) is 0 Å². The largest absolute Gasteiger partial charge is 0.479 e. The Labute approximate surface area is 115 Å². The predicted molar refractivity (Wildman–Crippen MR) is 68.5 cm³/mol. The van der Waals surface area contributed by atoms with E-state index in [1.165, 1.54) is 19.2 Å². The van der Waals surface area contributed by atoms with Crippen LogP contribution in [0.1, 0.15) is 24.2 Å². The van der Waals surface area contributed by atoms with E-state index >= 15 is 0 Å². The van der Waals surface area contributed by atoms with Crippen LogP contribution in [0.15, 0.2) is 18.5 Å². The Morgan fingerprint density at radius 1 is 1.40 bits per heavy atom. The van der Waals surface area contributed by atoms with Gasteiger partial charge in [0.1, 0.15) is 5.75 Å². The lowest BCUT2D eigenvalue weighted by Gasteiger charge is -2.14. The van der Waals surface area contributed by atoms with E-state index in [4.69, 9.17) is 9.84 Å². The van der Waals surface area contributed by atoms with Crippen LogP contribution in [0.25, 0.3) is 0 Å². The number of nitrogens with zero attached hydrogens (tertiary/aromatic N) is 1. The molecular formula is C12H15N3O5. The molecule has 0 aliphatic rings. The first kappa shape index (κ1) is 15.4. The van der Waals surface area contributed by atoms with Crippen molar-refractivity contribution in [3.63, 3.8) is 0 Å². The Kier molecular flexibility index (Phi) is 5.45. The molecule has 8 nitrogen and oxygen atoms in total. The van der Waals surface area contributed by atoms with Gasteiger partial charge >= 0.3 is 12.0 Å². The summed E-state index contributed by atoms with van der Waals surface area (Å²) in [4.78, 5) is 37.2. The second-order valence-corrected chi connectivity index (χ2v) is 3.82. The monoisotopic (exact) mass is 281 g/mol. The van der Waals surface area contributed by atoms with Crippen LogP contribution in [0.5, 0.6) is 5.75 Å². The third-order valence-electron chi connectivity index (χ3n) is 2.22. The van der Waals surface area contributed by atoms with Crippen molar-refractivity contribution < 1.29 is 24.2 Å². The summed E-state index contributed by atoms with van der Waals surface area (Å²) >= 11 is 0. The number of carbonyl (C=O) groups excluding carboxylic acids is 2. The highest BCUT2D eigenvalue weighted by Crippen LogP contribution is 2.13. The van der Waals surface area contributed by atoms with Gasteiger partial charge < -0.3 is 15.2 Å². The van der Waals surface area contributed by atoms with E-state index in [0.29, 0.717) is 6.54 Å². The number of nitrogens with one attached hydrogen (secondary N) is 2. The standard InChI is InChI=1S/C12H15N3O5/c1-3-14-12(19)15-10(16)7(2)20-9-4-8(11(17)18)5-13-6-9/h4-7H,3H2,1-2H3,(H,17,18)(H2,14,15,16,19). The van der Waals surface area contributed by atoms with Gasteiger partial charge in [-0.25, -0.2) is 9.59 Å². The minimum Gasteiger partial charge on any atom is -0.479 e. The van der Waals surface area contributed by atoms with Gasteiger partial charge in [-0.2, -0.15) is 0 Å². The SMILES string of the molecule is CCNC(=O)NC(=O)C(C)Oc1cncc(C(=O)O)c1. The number of aromatic carboxylic acids is 1. The number of carbonyl (C=O) groups is 3. The van der Waals surface area contributed by atoms with Crippen LogP contribution < -0.4 is 15.4 Å². The Bertz CT molecular complexity index is 518. The summed E-state index contributed by atoms with van der Waals surface area (Å²) in [6, 6.07) is 0.621. The van der Waals surface area contributed by atoms with Crippen LogP contribution in [0, 0.1) is 0 Å². The molecule has 3 N–H and O–H groups in total. The number of pyridine rings is 1. The number of rotatable bonds is 5. The van der Waals surface area contributed by atoms with Crippen LogP contribution >= 0.6 is 0 Å². The predicted octanol–water partition coefficient (Wildman–Crippen LogP) is 0.393. The fourth-order valence-electron chi connectivity index (χ4n) is 1.28. The molecule has 3 amide bonds. The number of hydrogen-bond donors (Lipinski definition) is 3. The second kappa shape index (κ2) is 7.07. The van der Waals surface area contributed by atoms with Crippen molar-refractivity contribution in [3.8, 4) is 5.75 Å². The first-order valence-corrected chi connectivity index (χ1v) is 5.87. The molecule has 0 bridgehead atoms. The molecule has 0 saturated heterocycles. The quantitative estimate of drug-likeness (QED) is 0.718. The van der Waals surface area contributed by atoms with Crippen LogP contribution in [-0.2, 0) is 4.79 Å². The molecule has 0 aliphatic heterocycles. The number of carboxylic acid groups (broad SMARTS) is 1. The topological polar surface area (TPSA) is 118 Å². The van der Waals surface area contributed by atoms with Crippen LogP contribution in [0.2, 0.25) is 0 Å². The van der Waals surface area contributed by atoms with E-state index in [1.54, 1.807) is 6.92 Å². The van der Waals surface area contributed by atoms with Gasteiger partial charge in [-0.05, 0) is 19.9 Å². The van der Waals surface area contributed by atoms with Gasteiger partial charge in [0.2, 0.25) is 0 Å². The van der Waals surface area contributed by atoms with Gasteiger partial charge in [-0.15, -0.1) is 0 Å². The maximum Gasteiger partial charge on any atom is 0.337 e. The average molecular weight is 281 g/mol. The van der Waals surface area contributed by atoms with E-state index < -0.39 is 24.0 Å². The average Bonchev–Trinajstić information content (AvgIpc) is 2.39. The Hall–Kier alpha value is -2.64. The van der Waals surface area contributed by atoms with Gasteiger partial charge in [0.15, 0.2) is 6.10 Å². The fraction of sp³-hybridized carbons (Fsp3) is 0.333. The van der Waals surface area contributed by atoms with Crippen molar-refractivity contribution in [1.82, 2.24) is 15.6 Å². The van der Waals surface area contributed by atoms with E-state index in [1.807, 2.05) is 0 Å². The van der Waals surface area contributed by atoms with E-state index in [9.17, 15) is 14.4 Å². The first-order valence-electron chi connectivity index (χ1n) is 5.87. The molecule has 1 aromatic heterocycles. The molecule has 0 spiro atoms. The van der Waals surface area contributed by atoms with Crippen molar-refractivity contribution in [2.75, 3.05) is 6.54 Å².